The number of amides is 2. The molecule has 4 rings (SSSR count). The van der Waals surface area contributed by atoms with E-state index >= 15 is 0 Å². The smallest absolute Gasteiger partial charge is 0.414 e. The third-order valence-electron chi connectivity index (χ3n) is 5.99. The number of pyridine rings is 1. The van der Waals surface area contributed by atoms with Gasteiger partial charge in [-0.05, 0) is 52.9 Å². The molecule has 0 aliphatic rings. The number of methoxy groups -OCH3 is 1. The lowest BCUT2D eigenvalue weighted by molar-refractivity contribution is 0.102. The molecule has 15 heteroatoms. The third-order valence-corrected chi connectivity index (χ3v) is 6.90. The minimum atomic E-state index is -3.64. The highest BCUT2D eigenvalue weighted by molar-refractivity contribution is 7.92. The van der Waals surface area contributed by atoms with Gasteiger partial charge in [0.05, 0.1) is 41.6 Å². The maximum absolute atomic E-state index is 13.4. The number of ether oxygens (including phenoxy) is 2. The maximum atomic E-state index is 13.4. The van der Waals surface area contributed by atoms with E-state index < -0.39 is 22.0 Å². The van der Waals surface area contributed by atoms with Crippen LogP contribution in [0.15, 0.2) is 61.1 Å². The zero-order chi connectivity index (χ0) is 31.4. The van der Waals surface area contributed by atoms with Crippen LogP contribution in [0, 0.1) is 0 Å². The topological polar surface area (TPSA) is 166 Å². The number of halogens is 1. The van der Waals surface area contributed by atoms with Crippen LogP contribution >= 0.6 is 11.6 Å². The Bertz CT molecular complexity index is 1760. The molecule has 0 saturated heterocycles. The van der Waals surface area contributed by atoms with Crippen molar-refractivity contribution in [2.24, 2.45) is 0 Å². The van der Waals surface area contributed by atoms with Crippen molar-refractivity contribution < 1.29 is 27.5 Å². The Morgan fingerprint density at radius 2 is 1.84 bits per heavy atom. The van der Waals surface area contributed by atoms with Crippen molar-refractivity contribution in [3.8, 4) is 17.3 Å². The van der Waals surface area contributed by atoms with Crippen molar-refractivity contribution in [3.05, 3.63) is 82.8 Å². The van der Waals surface area contributed by atoms with E-state index in [0.29, 0.717) is 5.69 Å². The Morgan fingerprint density at radius 1 is 1.09 bits per heavy atom. The number of sulfonamides is 1. The molecule has 0 aliphatic carbocycles. The highest BCUT2D eigenvalue weighted by Gasteiger charge is 2.23. The Hall–Kier alpha value is -4.69. The predicted molar refractivity (Wildman–Crippen MR) is 162 cm³/mol. The van der Waals surface area contributed by atoms with Gasteiger partial charge in [-0.2, -0.15) is 0 Å². The first-order valence-electron chi connectivity index (χ1n) is 12.8. The van der Waals surface area contributed by atoms with Gasteiger partial charge in [-0.15, -0.1) is 0 Å². The van der Waals surface area contributed by atoms with Crippen LogP contribution in [0.1, 0.15) is 42.3 Å². The SMILES string of the molecule is COc1c(NC(=O)c2ccc(Cl)c(-n3cc(OC(=O)NCc4cccnc4)nn3)c2)cc(C(C)(C)C)cc1NS(C)(=O)=O. The Balaban J connectivity index is 1.56. The van der Waals surface area contributed by atoms with E-state index in [1.807, 2.05) is 20.8 Å². The molecule has 2 aromatic heterocycles. The van der Waals surface area contributed by atoms with Gasteiger partial charge in [-0.3, -0.25) is 14.5 Å². The number of nitrogens with one attached hydrogen (secondary N) is 3. The number of anilines is 2. The van der Waals surface area contributed by atoms with Crippen LogP contribution in [0.5, 0.6) is 11.6 Å². The maximum Gasteiger partial charge on any atom is 0.414 e. The first-order valence-corrected chi connectivity index (χ1v) is 15.1. The molecule has 43 heavy (non-hydrogen) atoms. The van der Waals surface area contributed by atoms with Gasteiger partial charge in [0, 0.05) is 24.5 Å². The fraction of sp³-hybridized carbons (Fsp3) is 0.250. The minimum Gasteiger partial charge on any atom is -0.492 e. The van der Waals surface area contributed by atoms with Gasteiger partial charge >= 0.3 is 6.09 Å². The number of carbonyl (C=O) groups excluding carboxylic acids is 2. The summed E-state index contributed by atoms with van der Waals surface area (Å²) in [4.78, 5) is 29.6. The number of nitrogens with zero attached hydrogens (tertiary/aromatic N) is 4. The van der Waals surface area contributed by atoms with Gasteiger partial charge in [-0.25, -0.2) is 17.9 Å². The Labute approximate surface area is 253 Å². The third kappa shape index (κ3) is 8.20. The minimum absolute atomic E-state index is 0.0933. The van der Waals surface area contributed by atoms with E-state index in [9.17, 15) is 18.0 Å². The lowest BCUT2D eigenvalue weighted by Crippen LogP contribution is -2.26. The molecule has 0 spiro atoms. The first-order chi connectivity index (χ1) is 20.2. The zero-order valence-corrected chi connectivity index (χ0v) is 25.6. The first kappa shape index (κ1) is 31.3. The van der Waals surface area contributed by atoms with Crippen LogP contribution in [-0.2, 0) is 22.0 Å². The summed E-state index contributed by atoms with van der Waals surface area (Å²) in [6.45, 7) is 6.07. The summed E-state index contributed by atoms with van der Waals surface area (Å²) in [6, 6.07) is 11.4. The summed E-state index contributed by atoms with van der Waals surface area (Å²) < 4.78 is 38.4. The van der Waals surface area contributed by atoms with Crippen LogP contribution < -0.4 is 24.8 Å². The van der Waals surface area contributed by atoms with Gasteiger partial charge in [0.15, 0.2) is 5.75 Å². The van der Waals surface area contributed by atoms with Crippen molar-refractivity contribution in [2.75, 3.05) is 23.4 Å². The van der Waals surface area contributed by atoms with Gasteiger partial charge in [0.1, 0.15) is 0 Å². The second-order valence-electron chi connectivity index (χ2n) is 10.5. The zero-order valence-electron chi connectivity index (χ0n) is 24.0. The normalized spacial score (nSPS) is 11.5. The van der Waals surface area contributed by atoms with Crippen molar-refractivity contribution >= 4 is 45.0 Å². The van der Waals surface area contributed by atoms with Gasteiger partial charge < -0.3 is 20.1 Å². The monoisotopic (exact) mass is 627 g/mol. The summed E-state index contributed by atoms with van der Waals surface area (Å²) in [7, 11) is -2.27. The summed E-state index contributed by atoms with van der Waals surface area (Å²) in [5.74, 6) is -0.482. The van der Waals surface area contributed by atoms with Crippen LogP contribution in [0.2, 0.25) is 5.02 Å². The number of hydrogen-bond acceptors (Lipinski definition) is 9. The van der Waals surface area contributed by atoms with Crippen LogP contribution in [0.3, 0.4) is 0 Å². The predicted octanol–water partition coefficient (Wildman–Crippen LogP) is 4.53. The lowest BCUT2D eigenvalue weighted by atomic mass is 9.86. The quantitative estimate of drug-likeness (QED) is 0.241. The molecular formula is C28H30ClN7O6S. The fourth-order valence-corrected chi connectivity index (χ4v) is 4.65. The average molecular weight is 628 g/mol. The molecule has 0 radical (unpaired) electrons. The molecule has 0 aliphatic heterocycles. The molecule has 226 valence electrons. The molecule has 0 unspecified atom stereocenters. The Kier molecular flexibility index (Phi) is 9.21. The van der Waals surface area contributed by atoms with Crippen LogP contribution in [0.25, 0.3) is 5.69 Å². The second-order valence-corrected chi connectivity index (χ2v) is 12.6. The molecule has 0 fully saturated rings. The number of hydrogen-bond donors (Lipinski definition) is 3. The number of benzene rings is 2. The second kappa shape index (κ2) is 12.7. The summed E-state index contributed by atoms with van der Waals surface area (Å²) >= 11 is 6.40. The van der Waals surface area contributed by atoms with Crippen molar-refractivity contribution in [3.63, 3.8) is 0 Å². The largest absolute Gasteiger partial charge is 0.492 e. The van der Waals surface area contributed by atoms with E-state index in [2.05, 4.69) is 30.7 Å². The van der Waals surface area contributed by atoms with Crippen molar-refractivity contribution in [1.82, 2.24) is 25.3 Å². The van der Waals surface area contributed by atoms with Crippen molar-refractivity contribution in [1.29, 1.82) is 0 Å². The molecular weight excluding hydrogens is 598 g/mol. The van der Waals surface area contributed by atoms with E-state index in [-0.39, 0.29) is 45.6 Å². The lowest BCUT2D eigenvalue weighted by Gasteiger charge is -2.24. The fourth-order valence-electron chi connectivity index (χ4n) is 3.90. The van der Waals surface area contributed by atoms with Crippen LogP contribution in [-0.4, -0.2) is 53.8 Å². The standard InChI is InChI=1S/C28H30ClN7O6S/c1-28(2,3)19-12-21(25(41-4)22(13-19)34-43(5,39)40)32-26(37)18-8-9-20(29)23(11-18)36-16-24(33-35-36)42-27(38)31-15-17-7-6-10-30-14-17/h6-14,16,34H,15H2,1-5H3,(H,31,38)(H,32,37). The number of carbonyl (C=O) groups is 2. The molecule has 13 nitrogen and oxygen atoms in total. The summed E-state index contributed by atoms with van der Waals surface area (Å²) in [5, 5.41) is 13.5. The average Bonchev–Trinajstić information content (AvgIpc) is 3.39. The van der Waals surface area contributed by atoms with Gasteiger partial charge in [0.25, 0.3) is 11.8 Å². The molecule has 0 atom stereocenters. The Morgan fingerprint density at radius 3 is 2.49 bits per heavy atom. The van der Waals surface area contributed by atoms with E-state index in [4.69, 9.17) is 21.1 Å². The molecule has 2 amide bonds. The van der Waals surface area contributed by atoms with E-state index in [1.54, 1.807) is 36.7 Å². The summed E-state index contributed by atoms with van der Waals surface area (Å²) in [5.41, 5.74) is 2.10. The van der Waals surface area contributed by atoms with Gasteiger partial charge in [-0.1, -0.05) is 48.8 Å². The molecule has 4 aromatic rings. The highest BCUT2D eigenvalue weighted by atomic mass is 35.5. The molecule has 2 heterocycles. The van der Waals surface area contributed by atoms with Gasteiger partial charge in [0.2, 0.25) is 10.0 Å². The number of aromatic nitrogens is 4. The van der Waals surface area contributed by atoms with E-state index in [1.165, 1.54) is 36.2 Å². The van der Waals surface area contributed by atoms with Crippen molar-refractivity contribution in [2.45, 2.75) is 32.7 Å². The number of rotatable bonds is 9. The molecule has 0 bridgehead atoms. The van der Waals surface area contributed by atoms with E-state index in [0.717, 1.165) is 17.4 Å². The molecule has 3 N–H and O–H groups in total. The summed E-state index contributed by atoms with van der Waals surface area (Å²) in [6.07, 6.45) is 4.86. The van der Waals surface area contributed by atoms with Crippen LogP contribution in [0.4, 0.5) is 16.2 Å². The molecule has 2 aromatic carbocycles. The molecule has 0 saturated carbocycles. The highest BCUT2D eigenvalue weighted by Crippen LogP contribution is 2.39.